The Bertz CT molecular complexity index is 1210. The molecule has 0 fully saturated rings. The number of pyridine rings is 1. The average molecular weight is 512 g/mol. The number of likely N-dealkylation sites (N-methyl/N-ethyl adjacent to an activating group) is 1. The van der Waals surface area contributed by atoms with Crippen LogP contribution in [0.2, 0.25) is 0 Å². The van der Waals surface area contributed by atoms with Gasteiger partial charge in [0.1, 0.15) is 17.5 Å². The van der Waals surface area contributed by atoms with Crippen LogP contribution in [0, 0.1) is 5.82 Å². The maximum atomic E-state index is 14.7. The van der Waals surface area contributed by atoms with Gasteiger partial charge < -0.3 is 15.5 Å². The van der Waals surface area contributed by atoms with Gasteiger partial charge in [0.05, 0.1) is 23.4 Å². The number of halogens is 2. The van der Waals surface area contributed by atoms with Gasteiger partial charge in [-0.25, -0.2) is 9.37 Å². The van der Waals surface area contributed by atoms with Crippen LogP contribution in [0.3, 0.4) is 0 Å². The molecule has 2 aromatic carbocycles. The predicted molar refractivity (Wildman–Crippen MR) is 131 cm³/mol. The highest BCUT2D eigenvalue weighted by Gasteiger charge is 2.20. The third kappa shape index (κ3) is 5.43. The fourth-order valence-corrected chi connectivity index (χ4v) is 3.53. The van der Waals surface area contributed by atoms with Crippen LogP contribution in [0.25, 0.3) is 0 Å². The molecule has 2 N–H and O–H groups in total. The summed E-state index contributed by atoms with van der Waals surface area (Å²) in [6.07, 6.45) is 1.56. The molecule has 7 nitrogen and oxygen atoms in total. The number of nitrogens with one attached hydrogen (secondary N) is 2. The zero-order valence-electron chi connectivity index (χ0n) is 17.1. The molecular formula is C24H23BrFN5O2. The minimum atomic E-state index is -0.663. The summed E-state index contributed by atoms with van der Waals surface area (Å²) < 4.78 is 15.5. The van der Waals surface area contributed by atoms with Crippen molar-refractivity contribution in [1.82, 2.24) is 9.88 Å². The fourth-order valence-electron chi connectivity index (χ4n) is 3.30. The lowest BCUT2D eigenvalue weighted by molar-refractivity contribution is 0.102. The number of hydrogen-bond acceptors (Lipinski definition) is 5. The van der Waals surface area contributed by atoms with Crippen molar-refractivity contribution in [2.45, 2.75) is 7.43 Å². The Labute approximate surface area is 199 Å². The number of rotatable bonds is 5. The van der Waals surface area contributed by atoms with Crippen molar-refractivity contribution in [3.63, 3.8) is 0 Å². The smallest absolute Gasteiger partial charge is 0.258 e. The van der Waals surface area contributed by atoms with E-state index in [2.05, 4.69) is 36.5 Å². The number of benzene rings is 2. The summed E-state index contributed by atoms with van der Waals surface area (Å²) in [5, 5.41) is 5.31. The molecule has 0 bridgehead atoms. The molecule has 2 amide bonds. The van der Waals surface area contributed by atoms with Gasteiger partial charge in [0.25, 0.3) is 11.8 Å². The Balaban J connectivity index is 0.00000306. The van der Waals surface area contributed by atoms with E-state index in [1.54, 1.807) is 48.7 Å². The molecule has 1 aliphatic rings. The largest absolute Gasteiger partial charge is 0.358 e. The Kier molecular flexibility index (Phi) is 7.55. The van der Waals surface area contributed by atoms with Crippen LogP contribution in [-0.4, -0.2) is 47.7 Å². The lowest BCUT2D eigenvalue weighted by Crippen LogP contribution is -2.24. The summed E-state index contributed by atoms with van der Waals surface area (Å²) in [7, 11) is 1.89. The second kappa shape index (κ2) is 10.4. The number of para-hydroxylation sites is 1. The highest BCUT2D eigenvalue weighted by molar-refractivity contribution is 9.10. The first-order valence-electron chi connectivity index (χ1n) is 9.81. The number of aliphatic imine (C=N–C) groups is 1. The molecule has 4 rings (SSSR count). The van der Waals surface area contributed by atoms with Crippen LogP contribution in [0.15, 0.2) is 70.3 Å². The molecule has 3 aromatic rings. The minimum Gasteiger partial charge on any atom is -0.358 e. The summed E-state index contributed by atoms with van der Waals surface area (Å²) >= 11 is 3.29. The Hall–Kier alpha value is -3.59. The molecule has 0 saturated carbocycles. The van der Waals surface area contributed by atoms with Crippen molar-refractivity contribution < 1.29 is 14.0 Å². The van der Waals surface area contributed by atoms with Crippen LogP contribution >= 0.6 is 15.9 Å². The Morgan fingerprint density at radius 2 is 1.79 bits per heavy atom. The number of hydrogen-bond donors (Lipinski definition) is 2. The maximum absolute atomic E-state index is 14.7. The van der Waals surface area contributed by atoms with Gasteiger partial charge in [-0.15, -0.1) is 0 Å². The van der Waals surface area contributed by atoms with Crippen molar-refractivity contribution in [3.05, 3.63) is 87.8 Å². The Morgan fingerprint density at radius 3 is 2.45 bits per heavy atom. The number of nitrogens with zero attached hydrogens (tertiary/aromatic N) is 3. The number of amides is 2. The summed E-state index contributed by atoms with van der Waals surface area (Å²) in [5.74, 6) is -0.712. The minimum absolute atomic E-state index is 0. The third-order valence-corrected chi connectivity index (χ3v) is 5.39. The van der Waals surface area contributed by atoms with E-state index in [1.807, 2.05) is 11.9 Å². The van der Waals surface area contributed by atoms with Gasteiger partial charge in [0.2, 0.25) is 0 Å². The molecule has 0 radical (unpaired) electrons. The van der Waals surface area contributed by atoms with Crippen LogP contribution in [-0.2, 0) is 0 Å². The first-order valence-corrected chi connectivity index (χ1v) is 10.6. The van der Waals surface area contributed by atoms with E-state index in [9.17, 15) is 14.0 Å². The van der Waals surface area contributed by atoms with E-state index in [1.165, 1.54) is 12.1 Å². The molecule has 1 aliphatic heterocycles. The van der Waals surface area contributed by atoms with E-state index >= 15 is 0 Å². The lowest BCUT2D eigenvalue weighted by Gasteiger charge is -2.15. The van der Waals surface area contributed by atoms with E-state index in [0.29, 0.717) is 23.8 Å². The zero-order valence-corrected chi connectivity index (χ0v) is 18.7. The molecule has 0 spiro atoms. The fraction of sp³-hybridized carbons (Fsp3) is 0.167. The van der Waals surface area contributed by atoms with Gasteiger partial charge in [-0.2, -0.15) is 0 Å². The van der Waals surface area contributed by atoms with Gasteiger partial charge in [-0.3, -0.25) is 14.6 Å². The molecule has 0 unspecified atom stereocenters. The molecule has 0 atom stereocenters. The van der Waals surface area contributed by atoms with Crippen LogP contribution in [0.1, 0.15) is 33.7 Å². The number of aromatic nitrogens is 1. The van der Waals surface area contributed by atoms with E-state index in [0.717, 1.165) is 11.0 Å². The molecule has 0 aliphatic carbocycles. The lowest BCUT2D eigenvalue weighted by atomic mass is 10.1. The molecule has 33 heavy (non-hydrogen) atoms. The molecule has 1 aromatic heterocycles. The van der Waals surface area contributed by atoms with Crippen molar-refractivity contribution in [1.29, 1.82) is 0 Å². The summed E-state index contributed by atoms with van der Waals surface area (Å²) in [4.78, 5) is 35.9. The van der Waals surface area contributed by atoms with Crippen molar-refractivity contribution in [2.24, 2.45) is 4.99 Å². The number of carbonyl (C=O) groups excluding carboxylic acids is 2. The molecule has 9 heteroatoms. The van der Waals surface area contributed by atoms with Crippen LogP contribution in [0.5, 0.6) is 0 Å². The average Bonchev–Trinajstić information content (AvgIpc) is 3.21. The van der Waals surface area contributed by atoms with Crippen LogP contribution in [0.4, 0.5) is 15.9 Å². The van der Waals surface area contributed by atoms with Crippen molar-refractivity contribution >= 4 is 45.1 Å². The highest BCUT2D eigenvalue weighted by atomic mass is 79.9. The van der Waals surface area contributed by atoms with Gasteiger partial charge in [0, 0.05) is 29.8 Å². The van der Waals surface area contributed by atoms with Gasteiger partial charge in [0.15, 0.2) is 0 Å². The Morgan fingerprint density at radius 1 is 1.03 bits per heavy atom. The van der Waals surface area contributed by atoms with Crippen LogP contribution < -0.4 is 10.6 Å². The molecule has 2 heterocycles. The zero-order chi connectivity index (χ0) is 22.7. The SMILES string of the molecule is C.CN1CCN=C1c1ccc(C(=O)Nc2ccccc2C(=O)Nc2ccc(Br)cn2)c(F)c1. The molecule has 170 valence electrons. The number of amidine groups is 1. The summed E-state index contributed by atoms with van der Waals surface area (Å²) in [6.45, 7) is 1.43. The normalized spacial score (nSPS) is 12.6. The van der Waals surface area contributed by atoms with E-state index < -0.39 is 17.6 Å². The monoisotopic (exact) mass is 511 g/mol. The van der Waals surface area contributed by atoms with Crippen molar-refractivity contribution in [3.8, 4) is 0 Å². The van der Waals surface area contributed by atoms with Gasteiger partial charge in [-0.1, -0.05) is 25.6 Å². The summed E-state index contributed by atoms with van der Waals surface area (Å²) in [6, 6.07) is 14.3. The second-order valence-electron chi connectivity index (χ2n) is 7.14. The van der Waals surface area contributed by atoms with Crippen molar-refractivity contribution in [2.75, 3.05) is 30.8 Å². The second-order valence-corrected chi connectivity index (χ2v) is 8.05. The number of anilines is 2. The first kappa shape index (κ1) is 24.1. The predicted octanol–water partition coefficient (Wildman–Crippen LogP) is 4.82. The third-order valence-electron chi connectivity index (χ3n) is 4.92. The standard InChI is InChI=1S/C23H19BrFN5O2.CH4/c1-30-11-10-26-21(30)14-6-8-16(18(25)12-14)22(31)28-19-5-3-2-4-17(19)23(32)29-20-9-7-15(24)13-27-20;/h2-9,12-13H,10-11H2,1H3,(H,28,31)(H,27,29,32);1H4. The topological polar surface area (TPSA) is 86.7 Å². The van der Waals surface area contributed by atoms with E-state index in [-0.39, 0.29) is 24.2 Å². The molecule has 0 saturated heterocycles. The first-order chi connectivity index (χ1) is 15.4. The number of carbonyl (C=O) groups is 2. The quantitative estimate of drug-likeness (QED) is 0.514. The maximum Gasteiger partial charge on any atom is 0.258 e. The summed E-state index contributed by atoms with van der Waals surface area (Å²) in [5.41, 5.74) is 0.973. The van der Waals surface area contributed by atoms with Gasteiger partial charge in [-0.05, 0) is 52.3 Å². The van der Waals surface area contributed by atoms with Gasteiger partial charge >= 0.3 is 0 Å². The van der Waals surface area contributed by atoms with E-state index in [4.69, 9.17) is 0 Å². The molecular weight excluding hydrogens is 489 g/mol. The highest BCUT2D eigenvalue weighted by Crippen LogP contribution is 2.20.